The SMILES string of the molecule is CN=C(NC1C2CCOC2C12CCCC2)N(C)Cc1cc(Cl)cn1C. The molecule has 3 unspecified atom stereocenters. The molecule has 2 saturated carbocycles. The minimum Gasteiger partial charge on any atom is -0.377 e. The van der Waals surface area contributed by atoms with Gasteiger partial charge in [-0.15, -0.1) is 0 Å². The minimum absolute atomic E-state index is 0.340. The van der Waals surface area contributed by atoms with Crippen molar-refractivity contribution in [1.29, 1.82) is 0 Å². The van der Waals surface area contributed by atoms with E-state index in [0.717, 1.165) is 24.1 Å². The number of aliphatic imine (C=N–C) groups is 1. The van der Waals surface area contributed by atoms with Crippen LogP contribution in [0.15, 0.2) is 17.3 Å². The van der Waals surface area contributed by atoms with Crippen LogP contribution in [-0.4, -0.2) is 48.3 Å². The van der Waals surface area contributed by atoms with Crippen molar-refractivity contribution < 1.29 is 4.74 Å². The third kappa shape index (κ3) is 2.76. The number of halogens is 1. The molecule has 5 nitrogen and oxygen atoms in total. The van der Waals surface area contributed by atoms with Gasteiger partial charge in [0, 0.05) is 57.0 Å². The Bertz CT molecular complexity index is 664. The zero-order valence-electron chi connectivity index (χ0n) is 15.5. The molecule has 2 heterocycles. The van der Waals surface area contributed by atoms with Gasteiger partial charge in [-0.05, 0) is 25.3 Å². The van der Waals surface area contributed by atoms with Crippen LogP contribution >= 0.6 is 11.6 Å². The highest BCUT2D eigenvalue weighted by Crippen LogP contribution is 2.60. The fourth-order valence-electron chi connectivity index (χ4n) is 5.43. The topological polar surface area (TPSA) is 41.8 Å². The molecule has 0 bridgehead atoms. The number of nitrogens with zero attached hydrogens (tertiary/aromatic N) is 3. The summed E-state index contributed by atoms with van der Waals surface area (Å²) < 4.78 is 8.18. The first kappa shape index (κ1) is 17.2. The first-order valence-corrected chi connectivity index (χ1v) is 9.80. The minimum atomic E-state index is 0.340. The Hall–Kier alpha value is -1.20. The molecule has 25 heavy (non-hydrogen) atoms. The van der Waals surface area contributed by atoms with Crippen LogP contribution in [-0.2, 0) is 18.3 Å². The Morgan fingerprint density at radius 2 is 2.24 bits per heavy atom. The molecule has 138 valence electrons. The van der Waals surface area contributed by atoms with Gasteiger partial charge in [-0.25, -0.2) is 0 Å². The fraction of sp³-hybridized carbons (Fsp3) is 0.737. The summed E-state index contributed by atoms with van der Waals surface area (Å²) in [6.07, 6.45) is 8.85. The molecule has 1 spiro atoms. The molecule has 2 aliphatic carbocycles. The molecule has 1 aromatic rings. The van der Waals surface area contributed by atoms with Crippen LogP contribution < -0.4 is 5.32 Å². The van der Waals surface area contributed by atoms with E-state index in [1.165, 1.54) is 37.8 Å². The van der Waals surface area contributed by atoms with Gasteiger partial charge in [0.1, 0.15) is 0 Å². The van der Waals surface area contributed by atoms with Crippen molar-refractivity contribution in [1.82, 2.24) is 14.8 Å². The number of hydrogen-bond donors (Lipinski definition) is 1. The van der Waals surface area contributed by atoms with Crippen LogP contribution in [0.1, 0.15) is 37.8 Å². The second-order valence-electron chi connectivity index (χ2n) is 7.97. The van der Waals surface area contributed by atoms with Crippen molar-refractivity contribution in [3.8, 4) is 0 Å². The Morgan fingerprint density at radius 3 is 2.88 bits per heavy atom. The standard InChI is InChI=1S/C19H29ClN4O/c1-21-18(24(3)12-14-10-13(20)11-23(14)2)22-16-15-6-9-25-17(15)19(16)7-4-5-8-19/h10-11,15-17H,4-9,12H2,1-3H3,(H,21,22). The van der Waals surface area contributed by atoms with Gasteiger partial charge < -0.3 is 19.5 Å². The summed E-state index contributed by atoms with van der Waals surface area (Å²) in [5.74, 6) is 1.62. The highest BCUT2D eigenvalue weighted by molar-refractivity contribution is 6.30. The molecular weight excluding hydrogens is 336 g/mol. The van der Waals surface area contributed by atoms with Crippen molar-refractivity contribution in [3.05, 3.63) is 23.0 Å². The smallest absolute Gasteiger partial charge is 0.193 e. The van der Waals surface area contributed by atoms with Gasteiger partial charge in [-0.2, -0.15) is 0 Å². The molecular formula is C19H29ClN4O. The number of hydrogen-bond acceptors (Lipinski definition) is 2. The lowest BCUT2D eigenvalue weighted by Crippen LogP contribution is -2.69. The van der Waals surface area contributed by atoms with Crippen molar-refractivity contribution in [2.24, 2.45) is 23.4 Å². The highest BCUT2D eigenvalue weighted by atomic mass is 35.5. The second kappa shape index (κ2) is 6.51. The zero-order chi connectivity index (χ0) is 17.6. The van der Waals surface area contributed by atoms with Gasteiger partial charge in [0.25, 0.3) is 0 Å². The number of ether oxygens (including phenoxy) is 1. The monoisotopic (exact) mass is 364 g/mol. The summed E-state index contributed by atoms with van der Waals surface area (Å²) in [5.41, 5.74) is 1.52. The van der Waals surface area contributed by atoms with Gasteiger partial charge in [-0.1, -0.05) is 24.4 Å². The number of aromatic nitrogens is 1. The molecule has 3 aliphatic rings. The average molecular weight is 365 g/mol. The van der Waals surface area contributed by atoms with E-state index in [4.69, 9.17) is 16.3 Å². The molecule has 1 aliphatic heterocycles. The molecule has 3 fully saturated rings. The van der Waals surface area contributed by atoms with Crippen molar-refractivity contribution in [3.63, 3.8) is 0 Å². The normalized spacial score (nSPS) is 30.4. The maximum absolute atomic E-state index is 6.12. The number of rotatable bonds is 3. The fourth-order valence-corrected chi connectivity index (χ4v) is 5.70. The molecule has 1 N–H and O–H groups in total. The predicted octanol–water partition coefficient (Wildman–Crippen LogP) is 3.03. The molecule has 0 aromatic carbocycles. The zero-order valence-corrected chi connectivity index (χ0v) is 16.2. The quantitative estimate of drug-likeness (QED) is 0.662. The van der Waals surface area contributed by atoms with E-state index < -0.39 is 0 Å². The van der Waals surface area contributed by atoms with Crippen molar-refractivity contribution in [2.75, 3.05) is 20.7 Å². The molecule has 0 amide bonds. The van der Waals surface area contributed by atoms with Crippen LogP contribution in [0.5, 0.6) is 0 Å². The summed E-state index contributed by atoms with van der Waals surface area (Å²) in [6, 6.07) is 2.52. The van der Waals surface area contributed by atoms with E-state index in [-0.39, 0.29) is 0 Å². The van der Waals surface area contributed by atoms with Crippen LogP contribution in [0, 0.1) is 11.3 Å². The third-order valence-electron chi connectivity index (χ3n) is 6.62. The summed E-state index contributed by atoms with van der Waals surface area (Å²) in [6.45, 7) is 1.71. The second-order valence-corrected chi connectivity index (χ2v) is 8.41. The third-order valence-corrected chi connectivity index (χ3v) is 6.82. The Morgan fingerprint density at radius 1 is 1.48 bits per heavy atom. The van der Waals surface area contributed by atoms with Crippen LogP contribution in [0.25, 0.3) is 0 Å². The highest BCUT2D eigenvalue weighted by Gasteiger charge is 2.65. The summed E-state index contributed by atoms with van der Waals surface area (Å²) in [5, 5.41) is 4.59. The number of fused-ring (bicyclic) bond motifs is 2. The van der Waals surface area contributed by atoms with E-state index in [1.807, 2.05) is 26.4 Å². The van der Waals surface area contributed by atoms with Gasteiger partial charge >= 0.3 is 0 Å². The Balaban J connectivity index is 1.47. The van der Waals surface area contributed by atoms with E-state index in [0.29, 0.717) is 23.5 Å². The van der Waals surface area contributed by atoms with Crippen LogP contribution in [0.4, 0.5) is 0 Å². The van der Waals surface area contributed by atoms with Crippen LogP contribution in [0.2, 0.25) is 5.02 Å². The van der Waals surface area contributed by atoms with Crippen LogP contribution in [0.3, 0.4) is 0 Å². The average Bonchev–Trinajstić information content (AvgIpc) is 3.28. The van der Waals surface area contributed by atoms with Gasteiger partial charge in [0.2, 0.25) is 0 Å². The maximum Gasteiger partial charge on any atom is 0.193 e. The maximum atomic E-state index is 6.12. The molecule has 6 heteroatoms. The van der Waals surface area contributed by atoms with E-state index >= 15 is 0 Å². The van der Waals surface area contributed by atoms with Gasteiger partial charge in [-0.3, -0.25) is 4.99 Å². The lowest BCUT2D eigenvalue weighted by Gasteiger charge is -2.57. The van der Waals surface area contributed by atoms with Gasteiger partial charge in [0.15, 0.2) is 5.96 Å². The predicted molar refractivity (Wildman–Crippen MR) is 101 cm³/mol. The van der Waals surface area contributed by atoms with Crippen molar-refractivity contribution in [2.45, 2.75) is 50.8 Å². The largest absolute Gasteiger partial charge is 0.377 e. The van der Waals surface area contributed by atoms with E-state index in [2.05, 4.69) is 26.8 Å². The van der Waals surface area contributed by atoms with E-state index in [9.17, 15) is 0 Å². The number of guanidine groups is 1. The van der Waals surface area contributed by atoms with Crippen molar-refractivity contribution >= 4 is 17.6 Å². The summed E-state index contributed by atoms with van der Waals surface area (Å²) in [7, 11) is 6.00. The molecule has 1 aromatic heterocycles. The molecule has 3 atom stereocenters. The van der Waals surface area contributed by atoms with E-state index in [1.54, 1.807) is 0 Å². The lowest BCUT2D eigenvalue weighted by molar-refractivity contribution is -0.125. The molecule has 1 saturated heterocycles. The Kier molecular flexibility index (Phi) is 4.49. The lowest BCUT2D eigenvalue weighted by atomic mass is 9.54. The van der Waals surface area contributed by atoms with Gasteiger partial charge in [0.05, 0.1) is 17.7 Å². The summed E-state index contributed by atoms with van der Waals surface area (Å²) >= 11 is 6.12. The molecule has 0 radical (unpaired) electrons. The number of aryl methyl sites for hydroxylation is 1. The first-order chi connectivity index (χ1) is 12.0. The number of nitrogens with one attached hydrogen (secondary N) is 1. The first-order valence-electron chi connectivity index (χ1n) is 9.42. The summed E-state index contributed by atoms with van der Waals surface area (Å²) in [4.78, 5) is 6.75. The Labute approximate surface area is 155 Å². The molecule has 4 rings (SSSR count).